The zero-order chi connectivity index (χ0) is 16.8. The number of hydrogen-bond acceptors (Lipinski definition) is 3. The van der Waals surface area contributed by atoms with E-state index in [0.717, 1.165) is 0 Å². The molecule has 1 heterocycles. The normalized spacial score (nSPS) is 37.0. The van der Waals surface area contributed by atoms with Crippen LogP contribution in [-0.4, -0.2) is 45.8 Å². The van der Waals surface area contributed by atoms with Crippen LogP contribution >= 0.6 is 0 Å². The number of rotatable bonds is 2. The molecule has 0 bridgehead atoms. The van der Waals surface area contributed by atoms with Crippen LogP contribution in [0.15, 0.2) is 0 Å². The number of piperidine rings is 1. The molecule has 2 aliphatic rings. The highest BCUT2D eigenvalue weighted by atomic mass is 19.4. The molecular formula is C15H25F3N2O2. The molecule has 22 heavy (non-hydrogen) atoms. The average Bonchev–Trinajstić information content (AvgIpc) is 2.37. The number of aliphatic hydroxyl groups is 1. The summed E-state index contributed by atoms with van der Waals surface area (Å²) in [5.74, 6) is -0.468. The van der Waals surface area contributed by atoms with E-state index in [2.05, 4.69) is 4.90 Å². The van der Waals surface area contributed by atoms with Crippen LogP contribution < -0.4 is 5.73 Å². The fourth-order valence-electron chi connectivity index (χ4n) is 4.01. The number of nitrogens with two attached hydrogens (primary N) is 1. The van der Waals surface area contributed by atoms with Crippen LogP contribution in [0.3, 0.4) is 0 Å². The molecule has 0 aromatic carbocycles. The Labute approximate surface area is 128 Å². The quantitative estimate of drug-likeness (QED) is 0.819. The van der Waals surface area contributed by atoms with Gasteiger partial charge in [0, 0.05) is 17.5 Å². The summed E-state index contributed by atoms with van der Waals surface area (Å²) in [4.78, 5) is 13.6. The lowest BCUT2D eigenvalue weighted by atomic mass is 9.76. The molecule has 2 rings (SSSR count). The van der Waals surface area contributed by atoms with Crippen molar-refractivity contribution in [2.45, 2.75) is 75.7 Å². The van der Waals surface area contributed by atoms with Crippen molar-refractivity contribution in [3.8, 4) is 0 Å². The number of halogens is 3. The number of likely N-dealkylation sites (tertiary alicyclic amines) is 1. The van der Waals surface area contributed by atoms with Crippen molar-refractivity contribution >= 4 is 5.91 Å². The highest BCUT2D eigenvalue weighted by molar-refractivity contribution is 5.76. The third-order valence-electron chi connectivity index (χ3n) is 5.40. The molecule has 7 heteroatoms. The summed E-state index contributed by atoms with van der Waals surface area (Å²) >= 11 is 0. The topological polar surface area (TPSA) is 66.6 Å². The molecule has 1 unspecified atom stereocenters. The second-order valence-corrected chi connectivity index (χ2v) is 7.36. The number of alkyl halides is 3. The second kappa shape index (κ2) is 5.67. The summed E-state index contributed by atoms with van der Waals surface area (Å²) < 4.78 is 38.6. The summed E-state index contributed by atoms with van der Waals surface area (Å²) in [6, 6.07) is 0.0199. The van der Waals surface area contributed by atoms with Crippen LogP contribution in [0.2, 0.25) is 0 Å². The van der Waals surface area contributed by atoms with Crippen LogP contribution in [0.5, 0.6) is 0 Å². The van der Waals surface area contributed by atoms with E-state index < -0.39 is 11.8 Å². The van der Waals surface area contributed by atoms with Crippen LogP contribution in [-0.2, 0) is 4.79 Å². The number of carbonyl (C=O) groups is 1. The minimum absolute atomic E-state index is 0.0199. The van der Waals surface area contributed by atoms with Crippen molar-refractivity contribution in [2.24, 2.45) is 11.7 Å². The first kappa shape index (κ1) is 17.5. The summed E-state index contributed by atoms with van der Waals surface area (Å²) in [5, 5.41) is 9.76. The van der Waals surface area contributed by atoms with Gasteiger partial charge in [-0.3, -0.25) is 9.69 Å². The van der Waals surface area contributed by atoms with Crippen LogP contribution in [0.1, 0.15) is 52.4 Å². The predicted octanol–water partition coefficient (Wildman–Crippen LogP) is 2.20. The fourth-order valence-corrected chi connectivity index (χ4v) is 4.01. The second-order valence-electron chi connectivity index (χ2n) is 7.36. The standard InChI is InChI=1S/C15H25F3N2O2/c1-13(2)9-10(12(19)21)5-8-20(13)11-3-6-14(22,7-4-11)15(16,17)18/h10-11,22H,3-9H2,1-2H3,(H2,19,21). The highest BCUT2D eigenvalue weighted by Crippen LogP contribution is 2.44. The molecule has 1 saturated heterocycles. The Kier molecular flexibility index (Phi) is 4.52. The first-order valence-electron chi connectivity index (χ1n) is 7.81. The number of primary amides is 1. The molecule has 1 atom stereocenters. The van der Waals surface area contributed by atoms with E-state index in [-0.39, 0.29) is 36.2 Å². The maximum absolute atomic E-state index is 12.9. The zero-order valence-electron chi connectivity index (χ0n) is 13.1. The molecule has 1 saturated carbocycles. The van der Waals surface area contributed by atoms with Crippen LogP contribution in [0, 0.1) is 5.92 Å². The molecule has 1 aliphatic heterocycles. The van der Waals surface area contributed by atoms with E-state index in [1.165, 1.54) is 0 Å². The van der Waals surface area contributed by atoms with Gasteiger partial charge in [0.2, 0.25) is 5.91 Å². The molecule has 2 fully saturated rings. The number of hydrogen-bond donors (Lipinski definition) is 2. The lowest BCUT2D eigenvalue weighted by molar-refractivity contribution is -0.273. The predicted molar refractivity (Wildman–Crippen MR) is 76.0 cm³/mol. The molecule has 3 N–H and O–H groups in total. The Balaban J connectivity index is 2.01. The van der Waals surface area contributed by atoms with Gasteiger partial charge in [0.15, 0.2) is 5.60 Å². The fraction of sp³-hybridized carbons (Fsp3) is 0.933. The van der Waals surface area contributed by atoms with E-state index >= 15 is 0 Å². The van der Waals surface area contributed by atoms with Gasteiger partial charge in [-0.05, 0) is 58.9 Å². The molecule has 4 nitrogen and oxygen atoms in total. The molecule has 0 spiro atoms. The maximum Gasteiger partial charge on any atom is 0.417 e. The van der Waals surface area contributed by atoms with Gasteiger partial charge in [0.05, 0.1) is 0 Å². The zero-order valence-corrected chi connectivity index (χ0v) is 13.1. The van der Waals surface area contributed by atoms with Crippen molar-refractivity contribution in [1.29, 1.82) is 0 Å². The minimum atomic E-state index is -4.56. The van der Waals surface area contributed by atoms with Gasteiger partial charge >= 0.3 is 6.18 Å². The number of carbonyl (C=O) groups excluding carboxylic acids is 1. The summed E-state index contributed by atoms with van der Waals surface area (Å²) in [5.41, 5.74) is 2.57. The van der Waals surface area contributed by atoms with Gasteiger partial charge in [-0.25, -0.2) is 0 Å². The van der Waals surface area contributed by atoms with Crippen molar-refractivity contribution in [1.82, 2.24) is 4.90 Å². The van der Waals surface area contributed by atoms with E-state index in [1.807, 2.05) is 13.8 Å². The van der Waals surface area contributed by atoms with Gasteiger partial charge in [0.25, 0.3) is 0 Å². The first-order valence-corrected chi connectivity index (χ1v) is 7.81. The molecule has 1 amide bonds. The Morgan fingerprint density at radius 1 is 1.23 bits per heavy atom. The SMILES string of the molecule is CC1(C)CC(C(N)=O)CCN1C1CCC(O)(C(F)(F)F)CC1. The molecule has 0 radical (unpaired) electrons. The van der Waals surface area contributed by atoms with E-state index in [0.29, 0.717) is 32.2 Å². The van der Waals surface area contributed by atoms with Crippen LogP contribution in [0.4, 0.5) is 13.2 Å². The van der Waals surface area contributed by atoms with Gasteiger partial charge in [0.1, 0.15) is 0 Å². The minimum Gasteiger partial charge on any atom is -0.380 e. The molecule has 128 valence electrons. The van der Waals surface area contributed by atoms with Gasteiger partial charge < -0.3 is 10.8 Å². The highest BCUT2D eigenvalue weighted by Gasteiger charge is 2.55. The van der Waals surface area contributed by atoms with Gasteiger partial charge in [-0.1, -0.05) is 0 Å². The molecule has 0 aromatic rings. The van der Waals surface area contributed by atoms with E-state index in [1.54, 1.807) is 0 Å². The Bertz CT molecular complexity index is 429. The molecular weight excluding hydrogens is 297 g/mol. The first-order chi connectivity index (χ1) is 9.96. The van der Waals surface area contributed by atoms with Crippen molar-refractivity contribution < 1.29 is 23.1 Å². The Morgan fingerprint density at radius 3 is 2.18 bits per heavy atom. The Morgan fingerprint density at radius 2 is 1.77 bits per heavy atom. The lowest BCUT2D eigenvalue weighted by Crippen LogP contribution is -2.59. The van der Waals surface area contributed by atoms with Crippen molar-refractivity contribution in [3.63, 3.8) is 0 Å². The largest absolute Gasteiger partial charge is 0.417 e. The van der Waals surface area contributed by atoms with E-state index in [4.69, 9.17) is 5.73 Å². The van der Waals surface area contributed by atoms with Gasteiger partial charge in [-0.2, -0.15) is 13.2 Å². The van der Waals surface area contributed by atoms with Crippen LogP contribution in [0.25, 0.3) is 0 Å². The third-order valence-corrected chi connectivity index (χ3v) is 5.40. The molecule has 0 aromatic heterocycles. The van der Waals surface area contributed by atoms with E-state index in [9.17, 15) is 23.1 Å². The number of amides is 1. The summed E-state index contributed by atoms with van der Waals surface area (Å²) in [6.45, 7) is 4.68. The summed E-state index contributed by atoms with van der Waals surface area (Å²) in [7, 11) is 0. The molecule has 1 aliphatic carbocycles. The van der Waals surface area contributed by atoms with Crippen molar-refractivity contribution in [2.75, 3.05) is 6.54 Å². The maximum atomic E-state index is 12.9. The average molecular weight is 322 g/mol. The number of nitrogens with zero attached hydrogens (tertiary/aromatic N) is 1. The Hall–Kier alpha value is -0.820. The smallest absolute Gasteiger partial charge is 0.380 e. The van der Waals surface area contributed by atoms with Gasteiger partial charge in [-0.15, -0.1) is 0 Å². The monoisotopic (exact) mass is 322 g/mol. The van der Waals surface area contributed by atoms with Crippen molar-refractivity contribution in [3.05, 3.63) is 0 Å². The lowest BCUT2D eigenvalue weighted by Gasteiger charge is -2.51. The third kappa shape index (κ3) is 3.25. The summed E-state index contributed by atoms with van der Waals surface area (Å²) in [6.07, 6.45) is -3.16.